The molecule has 0 aliphatic carbocycles. The predicted molar refractivity (Wildman–Crippen MR) is 113 cm³/mol. The zero-order valence-corrected chi connectivity index (χ0v) is 19.2. The fraction of sp³-hybridized carbons (Fsp3) is 0.667. The molecule has 0 amide bonds. The number of nitrogens with two attached hydrogens (primary N) is 2. The van der Waals surface area contributed by atoms with Gasteiger partial charge in [0.05, 0.1) is 0 Å². The van der Waals surface area contributed by atoms with E-state index >= 15 is 0 Å². The van der Waals surface area contributed by atoms with Crippen LogP contribution in [0.2, 0.25) is 25.2 Å². The smallest absolute Gasteiger partial charge is 0.334 e. The third-order valence-electron chi connectivity index (χ3n) is 5.35. The Hall–Kier alpha value is -0.906. The average Bonchev–Trinajstić information content (AvgIpc) is 2.65. The summed E-state index contributed by atoms with van der Waals surface area (Å²) in [4.78, 5) is 0. The monoisotopic (exact) mass is 400 g/mol. The van der Waals surface area contributed by atoms with E-state index in [-0.39, 0.29) is 0 Å². The van der Waals surface area contributed by atoms with Crippen LogP contribution >= 0.6 is 0 Å². The van der Waals surface area contributed by atoms with Crippen LogP contribution in [0.1, 0.15) is 24.0 Å². The van der Waals surface area contributed by atoms with Gasteiger partial charge in [-0.2, -0.15) is 0 Å². The summed E-state index contributed by atoms with van der Waals surface area (Å²) in [6.07, 6.45) is 3.69. The lowest BCUT2D eigenvalue weighted by atomic mass is 9.96. The molecule has 150 valence electrons. The lowest BCUT2D eigenvalue weighted by molar-refractivity contribution is 0.248. The summed E-state index contributed by atoms with van der Waals surface area (Å²) < 4.78 is 22.3. The molecule has 0 aromatic heterocycles. The fourth-order valence-electron chi connectivity index (χ4n) is 3.07. The van der Waals surface area contributed by atoms with Crippen molar-refractivity contribution in [3.63, 3.8) is 0 Å². The molecule has 1 rings (SSSR count). The Morgan fingerprint density at radius 3 is 1.27 bits per heavy atom. The van der Waals surface area contributed by atoms with Crippen LogP contribution in [0.4, 0.5) is 11.4 Å². The Morgan fingerprint density at radius 2 is 1.00 bits per heavy atom. The molecule has 1 aromatic carbocycles. The minimum atomic E-state index is -2.06. The van der Waals surface area contributed by atoms with Gasteiger partial charge < -0.3 is 29.2 Å². The van der Waals surface area contributed by atoms with Crippen LogP contribution in [-0.2, 0) is 30.5 Å². The molecule has 0 radical (unpaired) electrons. The van der Waals surface area contributed by atoms with Gasteiger partial charge in [-0.25, -0.2) is 0 Å². The third-order valence-corrected chi connectivity index (χ3v) is 11.3. The molecule has 0 atom stereocenters. The highest BCUT2D eigenvalue weighted by Crippen LogP contribution is 2.29. The Balaban J connectivity index is 2.81. The van der Waals surface area contributed by atoms with Crippen molar-refractivity contribution in [2.24, 2.45) is 0 Å². The first kappa shape index (κ1) is 23.1. The lowest BCUT2D eigenvalue weighted by Gasteiger charge is -2.24. The Morgan fingerprint density at radius 1 is 0.692 bits per heavy atom. The number of rotatable bonds is 12. The van der Waals surface area contributed by atoms with Crippen molar-refractivity contribution in [2.45, 2.75) is 50.9 Å². The molecule has 0 fully saturated rings. The summed E-state index contributed by atoms with van der Waals surface area (Å²) in [5.41, 5.74) is 16.5. The number of hydrogen-bond donors (Lipinski definition) is 2. The van der Waals surface area contributed by atoms with Crippen molar-refractivity contribution < 1.29 is 17.7 Å². The maximum absolute atomic E-state index is 6.27. The van der Waals surface area contributed by atoms with Crippen molar-refractivity contribution in [2.75, 3.05) is 39.9 Å². The first-order valence-corrected chi connectivity index (χ1v) is 14.1. The highest BCUT2D eigenvalue weighted by atomic mass is 28.4. The van der Waals surface area contributed by atoms with Crippen LogP contribution in [0.3, 0.4) is 0 Å². The number of benzene rings is 1. The van der Waals surface area contributed by atoms with Gasteiger partial charge in [0.15, 0.2) is 0 Å². The summed E-state index contributed by atoms with van der Waals surface area (Å²) in [5, 5.41) is 0. The van der Waals surface area contributed by atoms with Crippen LogP contribution < -0.4 is 11.5 Å². The Bertz CT molecular complexity index is 515. The summed E-state index contributed by atoms with van der Waals surface area (Å²) in [5.74, 6) is 0. The molecule has 0 saturated carbocycles. The second-order valence-corrected chi connectivity index (χ2v) is 14.2. The second-order valence-electron chi connectivity index (χ2n) is 6.99. The van der Waals surface area contributed by atoms with Crippen LogP contribution in [0, 0.1) is 0 Å². The van der Waals surface area contributed by atoms with E-state index < -0.39 is 17.1 Å². The molecular weight excluding hydrogens is 364 g/mol. The van der Waals surface area contributed by atoms with Crippen LogP contribution in [0.5, 0.6) is 0 Å². The maximum atomic E-state index is 6.27. The minimum Gasteiger partial charge on any atom is -0.398 e. The molecule has 8 heteroatoms. The highest BCUT2D eigenvalue weighted by Gasteiger charge is 2.29. The molecule has 1 aromatic rings. The van der Waals surface area contributed by atoms with E-state index in [1.807, 2.05) is 12.1 Å². The van der Waals surface area contributed by atoms with Gasteiger partial charge in [0.25, 0.3) is 0 Å². The van der Waals surface area contributed by atoms with E-state index in [9.17, 15) is 0 Å². The van der Waals surface area contributed by atoms with Crippen molar-refractivity contribution >= 4 is 28.5 Å². The molecule has 0 spiro atoms. The van der Waals surface area contributed by atoms with Gasteiger partial charge in [0, 0.05) is 39.8 Å². The summed E-state index contributed by atoms with van der Waals surface area (Å²) in [7, 11) is 2.78. The van der Waals surface area contributed by atoms with E-state index in [4.69, 9.17) is 29.2 Å². The third kappa shape index (κ3) is 6.36. The van der Waals surface area contributed by atoms with Gasteiger partial charge in [-0.05, 0) is 74.1 Å². The van der Waals surface area contributed by atoms with Gasteiger partial charge in [0.1, 0.15) is 0 Å². The Kier molecular flexibility index (Phi) is 9.28. The van der Waals surface area contributed by atoms with E-state index in [0.29, 0.717) is 0 Å². The molecular formula is C18H36N2O4Si2. The quantitative estimate of drug-likeness (QED) is 0.413. The summed E-state index contributed by atoms with van der Waals surface area (Å²) in [6, 6.07) is 5.65. The van der Waals surface area contributed by atoms with E-state index in [2.05, 4.69) is 13.1 Å². The molecule has 6 nitrogen and oxygen atoms in total. The number of nitrogen functional groups attached to an aromatic ring is 2. The van der Waals surface area contributed by atoms with Gasteiger partial charge >= 0.3 is 17.1 Å². The SMILES string of the molecule is CO[Si](C)(CCCc1c(N)ccc(N)c1CCC[Si](C)(OC)OC)OC. The molecule has 0 saturated heterocycles. The van der Waals surface area contributed by atoms with Gasteiger partial charge in [-0.1, -0.05) is 0 Å². The molecule has 4 N–H and O–H groups in total. The van der Waals surface area contributed by atoms with Crippen molar-refractivity contribution in [1.82, 2.24) is 0 Å². The van der Waals surface area contributed by atoms with E-state index in [1.165, 1.54) is 0 Å². The van der Waals surface area contributed by atoms with Gasteiger partial charge in [-0.3, -0.25) is 0 Å². The first-order chi connectivity index (χ1) is 12.2. The normalized spacial score (nSPS) is 12.5. The molecule has 0 bridgehead atoms. The van der Waals surface area contributed by atoms with Crippen LogP contribution in [0.25, 0.3) is 0 Å². The van der Waals surface area contributed by atoms with Crippen LogP contribution in [0.15, 0.2) is 12.1 Å². The largest absolute Gasteiger partial charge is 0.398 e. The highest BCUT2D eigenvalue weighted by molar-refractivity contribution is 6.66. The first-order valence-electron chi connectivity index (χ1n) is 9.10. The zero-order chi connectivity index (χ0) is 19.8. The van der Waals surface area contributed by atoms with Crippen molar-refractivity contribution in [1.29, 1.82) is 0 Å². The lowest BCUT2D eigenvalue weighted by Crippen LogP contribution is -2.36. The molecule has 0 aliphatic rings. The van der Waals surface area contributed by atoms with Crippen LogP contribution in [-0.4, -0.2) is 45.6 Å². The second kappa shape index (κ2) is 10.4. The van der Waals surface area contributed by atoms with E-state index in [0.717, 1.165) is 60.3 Å². The van der Waals surface area contributed by atoms with Gasteiger partial charge in [0.2, 0.25) is 0 Å². The predicted octanol–water partition coefficient (Wildman–Crippen LogP) is 3.45. The molecule has 26 heavy (non-hydrogen) atoms. The molecule has 0 heterocycles. The number of hydrogen-bond acceptors (Lipinski definition) is 6. The minimum absolute atomic E-state index is 0.811. The Labute approximate surface area is 160 Å². The van der Waals surface area contributed by atoms with Crippen molar-refractivity contribution in [3.05, 3.63) is 23.3 Å². The summed E-state index contributed by atoms with van der Waals surface area (Å²) in [6.45, 7) is 4.16. The number of anilines is 2. The zero-order valence-electron chi connectivity index (χ0n) is 17.2. The van der Waals surface area contributed by atoms with E-state index in [1.54, 1.807) is 28.4 Å². The van der Waals surface area contributed by atoms with Crippen molar-refractivity contribution in [3.8, 4) is 0 Å². The van der Waals surface area contributed by atoms with Gasteiger partial charge in [-0.15, -0.1) is 0 Å². The molecule has 0 aliphatic heterocycles. The average molecular weight is 401 g/mol. The fourth-order valence-corrected chi connectivity index (χ4v) is 5.85. The maximum Gasteiger partial charge on any atom is 0.334 e. The molecule has 0 unspecified atom stereocenters. The topological polar surface area (TPSA) is 89.0 Å². The summed E-state index contributed by atoms with van der Waals surface area (Å²) >= 11 is 0. The standard InChI is InChI=1S/C18H36N2O4Si2/c1-21-25(5,22-2)13-7-9-15-16(18(20)12-11-17(15)19)10-8-14-26(6,23-3)24-4/h11-12H,7-10,13-14,19-20H2,1-6H3.